The number of amides is 2. The minimum absolute atomic E-state index is 0.0368. The van der Waals surface area contributed by atoms with Gasteiger partial charge in [0.15, 0.2) is 0 Å². The van der Waals surface area contributed by atoms with Gasteiger partial charge in [0.1, 0.15) is 5.75 Å². The summed E-state index contributed by atoms with van der Waals surface area (Å²) < 4.78 is 16.4. The lowest BCUT2D eigenvalue weighted by atomic mass is 10.0. The van der Waals surface area contributed by atoms with Crippen LogP contribution in [0.5, 0.6) is 5.75 Å². The molecule has 6 heteroatoms. The van der Waals surface area contributed by atoms with Crippen LogP contribution in [-0.4, -0.2) is 52.2 Å². The second-order valence-corrected chi connectivity index (χ2v) is 6.55. The van der Waals surface area contributed by atoms with E-state index in [1.165, 1.54) is 5.56 Å². The molecule has 0 bridgehead atoms. The Morgan fingerprint density at radius 1 is 1.40 bits per heavy atom. The summed E-state index contributed by atoms with van der Waals surface area (Å²) in [5.41, 5.74) is 2.15. The minimum Gasteiger partial charge on any atom is -0.497 e. The molecule has 6 nitrogen and oxygen atoms in total. The van der Waals surface area contributed by atoms with Crippen LogP contribution in [0.2, 0.25) is 0 Å². The van der Waals surface area contributed by atoms with Gasteiger partial charge in [-0.05, 0) is 55.9 Å². The van der Waals surface area contributed by atoms with Crippen LogP contribution in [0.3, 0.4) is 0 Å². The Labute approximate surface area is 149 Å². The Hall–Kier alpha value is -1.79. The smallest absolute Gasteiger partial charge is 0.321 e. The first-order valence-corrected chi connectivity index (χ1v) is 9.19. The maximum Gasteiger partial charge on any atom is 0.321 e. The van der Waals surface area contributed by atoms with Gasteiger partial charge in [-0.15, -0.1) is 0 Å². The van der Waals surface area contributed by atoms with E-state index in [9.17, 15) is 4.79 Å². The van der Waals surface area contributed by atoms with Crippen molar-refractivity contribution in [2.24, 2.45) is 0 Å². The lowest BCUT2D eigenvalue weighted by Crippen LogP contribution is -2.43. The highest BCUT2D eigenvalue weighted by Gasteiger charge is 2.22. The third-order valence-corrected chi connectivity index (χ3v) is 4.72. The zero-order chi connectivity index (χ0) is 17.5. The largest absolute Gasteiger partial charge is 0.497 e. The lowest BCUT2D eigenvalue weighted by Gasteiger charge is -2.29. The van der Waals surface area contributed by atoms with Crippen molar-refractivity contribution in [1.82, 2.24) is 5.32 Å². The van der Waals surface area contributed by atoms with Gasteiger partial charge in [0.25, 0.3) is 0 Å². The molecule has 138 valence electrons. The number of benzene rings is 1. The summed E-state index contributed by atoms with van der Waals surface area (Å²) in [4.78, 5) is 14.3. The Kier molecular flexibility index (Phi) is 6.53. The second kappa shape index (κ2) is 9.06. The van der Waals surface area contributed by atoms with Crippen LogP contribution in [0, 0.1) is 0 Å². The van der Waals surface area contributed by atoms with Gasteiger partial charge in [0.2, 0.25) is 0 Å². The number of fused-ring (bicyclic) bond motifs is 1. The molecule has 1 saturated heterocycles. The van der Waals surface area contributed by atoms with Crippen molar-refractivity contribution in [1.29, 1.82) is 0 Å². The Balaban J connectivity index is 1.40. The molecule has 0 aromatic heterocycles. The molecule has 2 amide bonds. The molecule has 1 aromatic rings. The summed E-state index contributed by atoms with van der Waals surface area (Å²) in [6, 6.07) is 5.86. The zero-order valence-corrected chi connectivity index (χ0v) is 15.0. The lowest BCUT2D eigenvalue weighted by molar-refractivity contribution is 0.0168. The van der Waals surface area contributed by atoms with Crippen molar-refractivity contribution in [3.05, 3.63) is 23.8 Å². The van der Waals surface area contributed by atoms with E-state index in [1.54, 1.807) is 7.11 Å². The number of anilines is 1. The standard InChI is InChI=1S/C19H28N2O4/c1-23-16-7-8-18-15(13-16)5-2-10-21(18)19(22)20-9-4-11-24-14-17-6-3-12-25-17/h7-8,13,17H,2-6,9-12,14H2,1H3,(H,20,22). The zero-order valence-electron chi connectivity index (χ0n) is 15.0. The molecule has 1 aromatic carbocycles. The number of aryl methyl sites for hydroxylation is 1. The number of carbonyl (C=O) groups excluding carboxylic acids is 1. The molecule has 1 unspecified atom stereocenters. The summed E-state index contributed by atoms with van der Waals surface area (Å²) in [6.07, 6.45) is 5.24. The van der Waals surface area contributed by atoms with E-state index in [4.69, 9.17) is 14.2 Å². The van der Waals surface area contributed by atoms with Gasteiger partial charge < -0.3 is 19.5 Å². The predicted molar refractivity (Wildman–Crippen MR) is 96.5 cm³/mol. The Morgan fingerprint density at radius 3 is 3.12 bits per heavy atom. The maximum absolute atomic E-state index is 12.5. The molecule has 2 aliphatic heterocycles. The van der Waals surface area contributed by atoms with E-state index in [1.807, 2.05) is 23.1 Å². The number of rotatable bonds is 7. The Morgan fingerprint density at radius 2 is 2.32 bits per heavy atom. The molecule has 1 fully saturated rings. The van der Waals surface area contributed by atoms with Gasteiger partial charge in [-0.2, -0.15) is 0 Å². The topological polar surface area (TPSA) is 60.0 Å². The minimum atomic E-state index is -0.0368. The number of nitrogens with one attached hydrogen (secondary N) is 1. The number of carbonyl (C=O) groups is 1. The van der Waals surface area contributed by atoms with Gasteiger partial charge in [0, 0.05) is 32.0 Å². The number of nitrogens with zero attached hydrogens (tertiary/aromatic N) is 1. The fraction of sp³-hybridized carbons (Fsp3) is 0.632. The number of ether oxygens (including phenoxy) is 3. The maximum atomic E-state index is 12.5. The van der Waals surface area contributed by atoms with Crippen LogP contribution in [-0.2, 0) is 15.9 Å². The van der Waals surface area contributed by atoms with Crippen LogP contribution in [0.1, 0.15) is 31.2 Å². The number of urea groups is 1. The fourth-order valence-electron chi connectivity index (χ4n) is 3.37. The van der Waals surface area contributed by atoms with E-state index in [0.29, 0.717) is 19.8 Å². The molecule has 2 heterocycles. The highest BCUT2D eigenvalue weighted by Crippen LogP contribution is 2.30. The monoisotopic (exact) mass is 348 g/mol. The van der Waals surface area contributed by atoms with E-state index in [-0.39, 0.29) is 12.1 Å². The quantitative estimate of drug-likeness (QED) is 0.770. The molecular weight excluding hydrogens is 320 g/mol. The van der Waals surface area contributed by atoms with Crippen LogP contribution in [0.4, 0.5) is 10.5 Å². The highest BCUT2D eigenvalue weighted by atomic mass is 16.5. The molecule has 25 heavy (non-hydrogen) atoms. The van der Waals surface area contributed by atoms with Crippen molar-refractivity contribution in [3.8, 4) is 5.75 Å². The van der Waals surface area contributed by atoms with Crippen molar-refractivity contribution >= 4 is 11.7 Å². The third-order valence-electron chi connectivity index (χ3n) is 4.72. The van der Waals surface area contributed by atoms with Crippen molar-refractivity contribution in [3.63, 3.8) is 0 Å². The number of methoxy groups -OCH3 is 1. The normalized spacial score (nSPS) is 19.6. The first-order chi connectivity index (χ1) is 12.3. The van der Waals surface area contributed by atoms with Gasteiger partial charge in [0.05, 0.1) is 19.8 Å². The molecule has 0 saturated carbocycles. The van der Waals surface area contributed by atoms with Crippen LogP contribution < -0.4 is 15.0 Å². The van der Waals surface area contributed by atoms with E-state index in [2.05, 4.69) is 5.32 Å². The van der Waals surface area contributed by atoms with E-state index < -0.39 is 0 Å². The molecule has 1 N–H and O–H groups in total. The summed E-state index contributed by atoms with van der Waals surface area (Å²) >= 11 is 0. The SMILES string of the molecule is COc1ccc2c(c1)CCCN2C(=O)NCCCOCC1CCCO1. The van der Waals surface area contributed by atoms with Gasteiger partial charge in [-0.1, -0.05) is 0 Å². The van der Waals surface area contributed by atoms with Gasteiger partial charge >= 0.3 is 6.03 Å². The molecule has 0 radical (unpaired) electrons. The second-order valence-electron chi connectivity index (χ2n) is 6.55. The summed E-state index contributed by atoms with van der Waals surface area (Å²) in [5, 5.41) is 2.99. The highest BCUT2D eigenvalue weighted by molar-refractivity contribution is 5.93. The molecule has 0 spiro atoms. The molecule has 3 rings (SSSR count). The van der Waals surface area contributed by atoms with Crippen LogP contribution >= 0.6 is 0 Å². The van der Waals surface area contributed by atoms with Gasteiger partial charge in [-0.3, -0.25) is 4.90 Å². The first kappa shape index (κ1) is 18.0. The summed E-state index contributed by atoms with van der Waals surface area (Å²) in [7, 11) is 1.66. The first-order valence-electron chi connectivity index (χ1n) is 9.19. The van der Waals surface area contributed by atoms with Crippen molar-refractivity contribution in [2.45, 2.75) is 38.2 Å². The predicted octanol–water partition coefficient (Wildman–Crippen LogP) is 2.74. The van der Waals surface area contributed by atoms with Crippen molar-refractivity contribution < 1.29 is 19.0 Å². The molecule has 0 aliphatic carbocycles. The average Bonchev–Trinajstić information content (AvgIpc) is 3.16. The molecule has 1 atom stereocenters. The average molecular weight is 348 g/mol. The molecule has 2 aliphatic rings. The van der Waals surface area contributed by atoms with Crippen LogP contribution in [0.15, 0.2) is 18.2 Å². The van der Waals surface area contributed by atoms with Crippen molar-refractivity contribution in [2.75, 3.05) is 44.9 Å². The summed E-state index contributed by atoms with van der Waals surface area (Å²) in [5.74, 6) is 0.837. The Bertz CT molecular complexity index is 573. The van der Waals surface area contributed by atoms with E-state index in [0.717, 1.165) is 56.7 Å². The fourth-order valence-corrected chi connectivity index (χ4v) is 3.37. The molecular formula is C19H28N2O4. The summed E-state index contributed by atoms with van der Waals surface area (Å²) in [6.45, 7) is 3.53. The third kappa shape index (κ3) is 4.86. The van der Waals surface area contributed by atoms with E-state index >= 15 is 0 Å². The number of hydrogen-bond donors (Lipinski definition) is 1. The number of hydrogen-bond acceptors (Lipinski definition) is 4. The van der Waals surface area contributed by atoms with Crippen LogP contribution in [0.25, 0.3) is 0 Å². The van der Waals surface area contributed by atoms with Gasteiger partial charge in [-0.25, -0.2) is 4.79 Å².